The maximum absolute atomic E-state index is 5.83. The largest absolute Gasteiger partial charge is 0.370 e. The van der Waals surface area contributed by atoms with Crippen molar-refractivity contribution >= 4 is 17.6 Å². The van der Waals surface area contributed by atoms with Gasteiger partial charge in [0.1, 0.15) is 0 Å². The highest BCUT2D eigenvalue weighted by Crippen LogP contribution is 2.10. The van der Waals surface area contributed by atoms with Crippen molar-refractivity contribution in [1.29, 1.82) is 0 Å². The van der Waals surface area contributed by atoms with E-state index in [0.29, 0.717) is 11.9 Å². The number of aliphatic imine (C=N–C) groups is 1. The Labute approximate surface area is 114 Å². The summed E-state index contributed by atoms with van der Waals surface area (Å²) >= 11 is 5.83. The van der Waals surface area contributed by atoms with Crippen LogP contribution >= 0.6 is 11.6 Å². The van der Waals surface area contributed by atoms with Crippen molar-refractivity contribution in [2.75, 3.05) is 13.1 Å². The maximum Gasteiger partial charge on any atom is 0.188 e. The lowest BCUT2D eigenvalue weighted by Gasteiger charge is -2.06. The van der Waals surface area contributed by atoms with Crippen molar-refractivity contribution < 1.29 is 0 Å². The minimum atomic E-state index is 0.541. The van der Waals surface area contributed by atoms with Gasteiger partial charge >= 0.3 is 0 Å². The van der Waals surface area contributed by atoms with Crippen molar-refractivity contribution in [3.05, 3.63) is 34.9 Å². The number of halogens is 1. The zero-order valence-corrected chi connectivity index (χ0v) is 11.9. The molecule has 0 aliphatic heterocycles. The Balaban J connectivity index is 2.18. The predicted molar refractivity (Wildman–Crippen MR) is 79.1 cm³/mol. The normalized spacial score (nSPS) is 11.9. The van der Waals surface area contributed by atoms with E-state index in [1.807, 2.05) is 12.1 Å². The molecule has 0 spiro atoms. The van der Waals surface area contributed by atoms with Crippen LogP contribution in [0.4, 0.5) is 0 Å². The first-order valence-electron chi connectivity index (χ1n) is 6.36. The van der Waals surface area contributed by atoms with Gasteiger partial charge in [0.15, 0.2) is 5.96 Å². The molecule has 0 bridgehead atoms. The van der Waals surface area contributed by atoms with Crippen molar-refractivity contribution in [3.63, 3.8) is 0 Å². The van der Waals surface area contributed by atoms with E-state index in [4.69, 9.17) is 17.3 Å². The highest BCUT2D eigenvalue weighted by molar-refractivity contribution is 6.30. The summed E-state index contributed by atoms with van der Waals surface area (Å²) in [6.45, 7) is 5.86. The van der Waals surface area contributed by atoms with E-state index < -0.39 is 0 Å². The predicted octanol–water partition coefficient (Wildman–Crippen LogP) is 2.83. The average molecular weight is 268 g/mol. The van der Waals surface area contributed by atoms with Gasteiger partial charge in [-0.2, -0.15) is 0 Å². The van der Waals surface area contributed by atoms with Crippen LogP contribution in [0, 0.1) is 5.92 Å². The highest BCUT2D eigenvalue weighted by atomic mass is 35.5. The number of nitrogens with two attached hydrogens (primary N) is 1. The van der Waals surface area contributed by atoms with E-state index >= 15 is 0 Å². The summed E-state index contributed by atoms with van der Waals surface area (Å²) in [7, 11) is 0. The van der Waals surface area contributed by atoms with Gasteiger partial charge in [-0.3, -0.25) is 4.99 Å². The molecule has 0 fully saturated rings. The zero-order chi connectivity index (χ0) is 13.4. The topological polar surface area (TPSA) is 50.4 Å². The summed E-state index contributed by atoms with van der Waals surface area (Å²) in [4.78, 5) is 4.25. The average Bonchev–Trinajstić information content (AvgIpc) is 2.34. The summed E-state index contributed by atoms with van der Waals surface area (Å²) in [5, 5.41) is 3.90. The molecule has 0 aliphatic carbocycles. The number of benzene rings is 1. The Kier molecular flexibility index (Phi) is 6.58. The van der Waals surface area contributed by atoms with E-state index in [9.17, 15) is 0 Å². The van der Waals surface area contributed by atoms with E-state index in [-0.39, 0.29) is 0 Å². The van der Waals surface area contributed by atoms with Crippen LogP contribution in [-0.4, -0.2) is 19.0 Å². The van der Waals surface area contributed by atoms with E-state index in [1.54, 1.807) is 0 Å². The molecule has 4 heteroatoms. The molecule has 0 saturated carbocycles. The molecular formula is C14H22ClN3. The van der Waals surface area contributed by atoms with Crippen LogP contribution in [0.15, 0.2) is 29.3 Å². The van der Waals surface area contributed by atoms with Crippen molar-refractivity contribution in [3.8, 4) is 0 Å². The number of aryl methyl sites for hydroxylation is 1. The monoisotopic (exact) mass is 267 g/mol. The zero-order valence-electron chi connectivity index (χ0n) is 11.1. The van der Waals surface area contributed by atoms with Gasteiger partial charge in [0.05, 0.1) is 0 Å². The van der Waals surface area contributed by atoms with Gasteiger partial charge in [-0.15, -0.1) is 0 Å². The van der Waals surface area contributed by atoms with Gasteiger partial charge in [0.2, 0.25) is 0 Å². The van der Waals surface area contributed by atoms with Gasteiger partial charge in [-0.25, -0.2) is 0 Å². The number of nitrogens with zero attached hydrogens (tertiary/aromatic N) is 1. The molecule has 0 amide bonds. The van der Waals surface area contributed by atoms with Gasteiger partial charge < -0.3 is 11.1 Å². The maximum atomic E-state index is 5.83. The molecule has 3 N–H and O–H groups in total. The molecule has 1 aromatic rings. The quantitative estimate of drug-likeness (QED) is 0.473. The first kappa shape index (κ1) is 14.8. The third-order valence-corrected chi connectivity index (χ3v) is 2.74. The van der Waals surface area contributed by atoms with E-state index in [1.165, 1.54) is 5.56 Å². The van der Waals surface area contributed by atoms with Gasteiger partial charge in [-0.05, 0) is 36.5 Å². The van der Waals surface area contributed by atoms with Crippen LogP contribution in [0.2, 0.25) is 5.02 Å². The Morgan fingerprint density at radius 2 is 2.00 bits per heavy atom. The summed E-state index contributed by atoms with van der Waals surface area (Å²) in [6, 6.07) is 7.95. The highest BCUT2D eigenvalue weighted by Gasteiger charge is 1.96. The first-order valence-corrected chi connectivity index (χ1v) is 6.74. The van der Waals surface area contributed by atoms with Gasteiger partial charge in [0.25, 0.3) is 0 Å². The number of nitrogens with one attached hydrogen (secondary N) is 1. The van der Waals surface area contributed by atoms with Crippen LogP contribution in [0.1, 0.15) is 25.8 Å². The van der Waals surface area contributed by atoms with E-state index in [2.05, 4.69) is 36.3 Å². The molecule has 0 saturated heterocycles. The van der Waals surface area contributed by atoms with Gasteiger partial charge in [-0.1, -0.05) is 37.6 Å². The minimum Gasteiger partial charge on any atom is -0.370 e. The van der Waals surface area contributed by atoms with Gasteiger partial charge in [0, 0.05) is 18.1 Å². The molecule has 1 aromatic carbocycles. The smallest absolute Gasteiger partial charge is 0.188 e. The lowest BCUT2D eigenvalue weighted by atomic mass is 10.1. The van der Waals surface area contributed by atoms with Crippen molar-refractivity contribution in [2.45, 2.75) is 26.7 Å². The second-order valence-corrected chi connectivity index (χ2v) is 5.21. The van der Waals surface area contributed by atoms with Crippen LogP contribution in [0.3, 0.4) is 0 Å². The third kappa shape index (κ3) is 6.50. The van der Waals surface area contributed by atoms with E-state index in [0.717, 1.165) is 31.0 Å². The summed E-state index contributed by atoms with van der Waals surface area (Å²) in [6.07, 6.45) is 2.04. The molecule has 1 rings (SSSR count). The lowest BCUT2D eigenvalue weighted by Crippen LogP contribution is -2.33. The molecule has 0 heterocycles. The Morgan fingerprint density at radius 3 is 2.61 bits per heavy atom. The molecule has 3 nitrogen and oxygen atoms in total. The molecule has 100 valence electrons. The van der Waals surface area contributed by atoms with Crippen LogP contribution < -0.4 is 11.1 Å². The van der Waals surface area contributed by atoms with Crippen molar-refractivity contribution in [1.82, 2.24) is 5.32 Å². The summed E-state index contributed by atoms with van der Waals surface area (Å²) < 4.78 is 0. The first-order chi connectivity index (χ1) is 8.58. The fourth-order valence-corrected chi connectivity index (χ4v) is 1.62. The van der Waals surface area contributed by atoms with Crippen LogP contribution in [0.5, 0.6) is 0 Å². The molecule has 0 radical (unpaired) electrons. The molecule has 0 unspecified atom stereocenters. The molecule has 0 aromatic heterocycles. The second kappa shape index (κ2) is 7.98. The molecular weight excluding hydrogens is 246 g/mol. The number of guanidine groups is 1. The van der Waals surface area contributed by atoms with Crippen molar-refractivity contribution in [2.24, 2.45) is 16.6 Å². The molecule has 0 atom stereocenters. The summed E-state index contributed by atoms with van der Waals surface area (Å²) in [5.74, 6) is 1.08. The second-order valence-electron chi connectivity index (χ2n) is 4.78. The fourth-order valence-electron chi connectivity index (χ4n) is 1.50. The SMILES string of the molecule is CC(C)CN=C(N)NCCCc1ccc(Cl)cc1. The minimum absolute atomic E-state index is 0.541. The fraction of sp³-hybridized carbons (Fsp3) is 0.500. The number of rotatable bonds is 6. The molecule has 18 heavy (non-hydrogen) atoms. The molecule has 0 aliphatic rings. The van der Waals surface area contributed by atoms with Crippen LogP contribution in [0.25, 0.3) is 0 Å². The standard InChI is InChI=1S/C14H22ClN3/c1-11(2)10-18-14(16)17-9-3-4-12-5-7-13(15)8-6-12/h5-8,11H,3-4,9-10H2,1-2H3,(H3,16,17,18). The third-order valence-electron chi connectivity index (χ3n) is 2.49. The summed E-state index contributed by atoms with van der Waals surface area (Å²) in [5.41, 5.74) is 7.03. The number of hydrogen-bond donors (Lipinski definition) is 2. The lowest BCUT2D eigenvalue weighted by molar-refractivity contribution is 0.659. The number of hydrogen-bond acceptors (Lipinski definition) is 1. The van der Waals surface area contributed by atoms with Crippen LogP contribution in [-0.2, 0) is 6.42 Å². The Bertz CT molecular complexity index is 371. The Hall–Kier alpha value is -1.22. The Morgan fingerprint density at radius 1 is 1.33 bits per heavy atom.